The summed E-state index contributed by atoms with van der Waals surface area (Å²) in [6.45, 7) is 1.08. The van der Waals surface area contributed by atoms with E-state index in [1.165, 1.54) is 12.2 Å². The maximum Gasteiger partial charge on any atom is 0.300 e. The summed E-state index contributed by atoms with van der Waals surface area (Å²) in [5.74, 6) is -1.27. The van der Waals surface area contributed by atoms with E-state index < -0.39 is 5.97 Å². The molecule has 0 fully saturated rings. The molecule has 0 heterocycles. The zero-order chi connectivity index (χ0) is 27.8. The van der Waals surface area contributed by atoms with Gasteiger partial charge in [0, 0.05) is 60.8 Å². The Labute approximate surface area is 240 Å². The SMILES string of the molecule is CC(=O)O.O=C(/C=C(\O)c1ccccc1)c1ccccc1.O=C(/C=C(\O)c1ccccc1)c1ccccc1.[Rh]. The maximum atomic E-state index is 11.8. The number of carboxylic acids is 1. The quantitative estimate of drug-likeness (QED) is 0.0935. The largest absolute Gasteiger partial charge is 0.507 e. The van der Waals surface area contributed by atoms with Gasteiger partial charge in [-0.2, -0.15) is 0 Å². The number of hydrogen-bond acceptors (Lipinski definition) is 5. The number of aliphatic hydroxyl groups is 2. The second-order valence-electron chi connectivity index (χ2n) is 7.77. The number of ketones is 2. The van der Waals surface area contributed by atoms with Crippen LogP contribution >= 0.6 is 0 Å². The molecule has 4 aromatic carbocycles. The molecule has 39 heavy (non-hydrogen) atoms. The van der Waals surface area contributed by atoms with E-state index in [1.54, 1.807) is 72.8 Å². The number of carbonyl (C=O) groups is 3. The van der Waals surface area contributed by atoms with Crippen LogP contribution in [0.4, 0.5) is 0 Å². The first-order chi connectivity index (χ1) is 18.3. The molecular formula is C32H28O6Rh. The molecule has 6 nitrogen and oxygen atoms in total. The van der Waals surface area contributed by atoms with Crippen LogP contribution in [0.15, 0.2) is 133 Å². The average Bonchev–Trinajstić information content (AvgIpc) is 2.95. The Hall–Kier alpha value is -4.61. The van der Waals surface area contributed by atoms with E-state index in [0.29, 0.717) is 22.3 Å². The minimum absolute atomic E-state index is 0. The van der Waals surface area contributed by atoms with Crippen LogP contribution in [0.25, 0.3) is 11.5 Å². The number of hydrogen-bond donors (Lipinski definition) is 3. The van der Waals surface area contributed by atoms with Gasteiger partial charge in [-0.1, -0.05) is 121 Å². The van der Waals surface area contributed by atoms with E-state index in [2.05, 4.69) is 0 Å². The van der Waals surface area contributed by atoms with Gasteiger partial charge in [0.05, 0.1) is 0 Å². The van der Waals surface area contributed by atoms with Crippen molar-refractivity contribution in [2.24, 2.45) is 0 Å². The number of allylic oxidation sites excluding steroid dienone is 2. The molecule has 201 valence electrons. The number of aliphatic hydroxyl groups excluding tert-OH is 2. The van der Waals surface area contributed by atoms with Gasteiger partial charge in [-0.3, -0.25) is 14.4 Å². The second-order valence-corrected chi connectivity index (χ2v) is 7.77. The van der Waals surface area contributed by atoms with E-state index in [-0.39, 0.29) is 42.6 Å². The van der Waals surface area contributed by atoms with Gasteiger partial charge < -0.3 is 15.3 Å². The molecule has 0 saturated heterocycles. The van der Waals surface area contributed by atoms with Crippen molar-refractivity contribution in [3.63, 3.8) is 0 Å². The monoisotopic (exact) mass is 611 g/mol. The normalized spacial score (nSPS) is 10.4. The Kier molecular flexibility index (Phi) is 14.8. The van der Waals surface area contributed by atoms with E-state index in [0.717, 1.165) is 6.92 Å². The smallest absolute Gasteiger partial charge is 0.300 e. The molecule has 0 spiro atoms. The van der Waals surface area contributed by atoms with Crippen LogP contribution in [0.2, 0.25) is 0 Å². The molecule has 4 rings (SSSR count). The predicted molar refractivity (Wildman–Crippen MR) is 149 cm³/mol. The summed E-state index contributed by atoms with van der Waals surface area (Å²) < 4.78 is 0. The molecule has 1 radical (unpaired) electrons. The molecule has 0 aromatic heterocycles. The number of benzene rings is 4. The van der Waals surface area contributed by atoms with Crippen LogP contribution in [0.1, 0.15) is 38.8 Å². The van der Waals surface area contributed by atoms with Gasteiger partial charge >= 0.3 is 0 Å². The summed E-state index contributed by atoms with van der Waals surface area (Å²) in [5, 5.41) is 27.0. The molecule has 0 unspecified atom stereocenters. The minimum Gasteiger partial charge on any atom is -0.507 e. The topological polar surface area (TPSA) is 112 Å². The molecule has 3 N–H and O–H groups in total. The molecule has 4 aromatic rings. The molecular weight excluding hydrogens is 583 g/mol. The standard InChI is InChI=1S/2C15H12O2.C2H4O2.Rh/c2*16-14(12-7-3-1-4-8-12)11-15(17)13-9-5-2-6-10-13;1-2(3)4;/h2*1-11,16H;1H3,(H,3,4);/b2*14-11-;;. The van der Waals surface area contributed by atoms with Crippen LogP contribution in [-0.4, -0.2) is 32.9 Å². The Morgan fingerprint density at radius 3 is 0.897 bits per heavy atom. The molecule has 0 aliphatic carbocycles. The summed E-state index contributed by atoms with van der Waals surface area (Å²) >= 11 is 0. The molecule has 0 bridgehead atoms. The van der Waals surface area contributed by atoms with E-state index in [9.17, 15) is 19.8 Å². The number of rotatable bonds is 6. The van der Waals surface area contributed by atoms with E-state index >= 15 is 0 Å². The van der Waals surface area contributed by atoms with Crippen LogP contribution in [-0.2, 0) is 24.3 Å². The van der Waals surface area contributed by atoms with Gasteiger partial charge in [0.15, 0.2) is 11.6 Å². The Morgan fingerprint density at radius 1 is 0.462 bits per heavy atom. The van der Waals surface area contributed by atoms with Crippen molar-refractivity contribution >= 4 is 29.1 Å². The van der Waals surface area contributed by atoms with Crippen molar-refractivity contribution in [3.8, 4) is 0 Å². The van der Waals surface area contributed by atoms with E-state index in [1.807, 2.05) is 48.5 Å². The van der Waals surface area contributed by atoms with Gasteiger partial charge in [-0.25, -0.2) is 0 Å². The van der Waals surface area contributed by atoms with Crippen molar-refractivity contribution in [1.82, 2.24) is 0 Å². The third kappa shape index (κ3) is 12.5. The summed E-state index contributed by atoms with van der Waals surface area (Å²) in [5.41, 5.74) is 2.40. The molecule has 0 aliphatic rings. The van der Waals surface area contributed by atoms with Crippen LogP contribution in [0.3, 0.4) is 0 Å². The summed E-state index contributed by atoms with van der Waals surface area (Å²) in [6, 6.07) is 35.7. The number of aliphatic carboxylic acids is 1. The van der Waals surface area contributed by atoms with Crippen molar-refractivity contribution in [2.75, 3.05) is 0 Å². The van der Waals surface area contributed by atoms with Crippen LogP contribution in [0.5, 0.6) is 0 Å². The van der Waals surface area contributed by atoms with Gasteiger partial charge in [0.2, 0.25) is 0 Å². The Bertz CT molecular complexity index is 1260. The zero-order valence-corrected chi connectivity index (χ0v) is 22.7. The molecule has 0 saturated carbocycles. The van der Waals surface area contributed by atoms with Gasteiger partial charge in [0.25, 0.3) is 5.97 Å². The fourth-order valence-electron chi connectivity index (χ4n) is 3.00. The second kappa shape index (κ2) is 17.8. The average molecular weight is 611 g/mol. The molecule has 7 heteroatoms. The summed E-state index contributed by atoms with van der Waals surface area (Å²) in [4.78, 5) is 32.6. The molecule has 0 aliphatic heterocycles. The van der Waals surface area contributed by atoms with Gasteiger partial charge in [-0.05, 0) is 0 Å². The van der Waals surface area contributed by atoms with Crippen LogP contribution < -0.4 is 0 Å². The first kappa shape index (κ1) is 32.4. The summed E-state index contributed by atoms with van der Waals surface area (Å²) in [7, 11) is 0. The fourth-order valence-corrected chi connectivity index (χ4v) is 3.00. The van der Waals surface area contributed by atoms with Crippen molar-refractivity contribution < 1.29 is 49.2 Å². The molecule has 0 atom stereocenters. The van der Waals surface area contributed by atoms with E-state index in [4.69, 9.17) is 9.90 Å². The number of carboxylic acid groups (broad SMARTS) is 1. The Morgan fingerprint density at radius 2 is 0.667 bits per heavy atom. The maximum absolute atomic E-state index is 11.8. The van der Waals surface area contributed by atoms with Crippen molar-refractivity contribution in [1.29, 1.82) is 0 Å². The predicted octanol–water partition coefficient (Wildman–Crippen LogP) is 7.03. The zero-order valence-electron chi connectivity index (χ0n) is 21.1. The molecule has 0 amide bonds. The fraction of sp³-hybridized carbons (Fsp3) is 0.0312. The first-order valence-corrected chi connectivity index (χ1v) is 11.6. The van der Waals surface area contributed by atoms with Crippen molar-refractivity contribution in [2.45, 2.75) is 6.92 Å². The minimum atomic E-state index is -0.833. The van der Waals surface area contributed by atoms with Crippen molar-refractivity contribution in [3.05, 3.63) is 156 Å². The first-order valence-electron chi connectivity index (χ1n) is 11.6. The Balaban J connectivity index is 0.000000336. The summed E-state index contributed by atoms with van der Waals surface area (Å²) in [6.07, 6.45) is 2.48. The third-order valence-corrected chi connectivity index (χ3v) is 4.79. The third-order valence-electron chi connectivity index (χ3n) is 4.79. The van der Waals surface area contributed by atoms with Gasteiger partial charge in [0.1, 0.15) is 11.5 Å². The van der Waals surface area contributed by atoms with Crippen LogP contribution in [0, 0.1) is 0 Å². The van der Waals surface area contributed by atoms with Gasteiger partial charge in [-0.15, -0.1) is 0 Å². The number of carbonyl (C=O) groups excluding carboxylic acids is 2.